The van der Waals surface area contributed by atoms with Crippen molar-refractivity contribution in [2.45, 2.75) is 0 Å². The van der Waals surface area contributed by atoms with Crippen LogP contribution in [0.3, 0.4) is 0 Å². The summed E-state index contributed by atoms with van der Waals surface area (Å²) in [5, 5.41) is 7.56. The van der Waals surface area contributed by atoms with Gasteiger partial charge in [0.1, 0.15) is 0 Å². The highest BCUT2D eigenvalue weighted by molar-refractivity contribution is 14.1. The summed E-state index contributed by atoms with van der Waals surface area (Å²) >= 11 is 5.35. The van der Waals surface area contributed by atoms with Crippen LogP contribution in [-0.4, -0.2) is 10.2 Å². The molecule has 5 heteroatoms. The standard InChI is InChI=1S/C8H4BrIN2O/c9-8-12-11-7(13-8)5-1-3-6(10)4-2-5/h1-4H. The fourth-order valence-corrected chi connectivity index (χ4v) is 1.51. The van der Waals surface area contributed by atoms with E-state index in [0.717, 1.165) is 5.56 Å². The van der Waals surface area contributed by atoms with E-state index < -0.39 is 0 Å². The molecule has 0 fully saturated rings. The molecule has 0 aliphatic heterocycles. The highest BCUT2D eigenvalue weighted by Crippen LogP contribution is 2.20. The van der Waals surface area contributed by atoms with E-state index in [0.29, 0.717) is 10.7 Å². The molecule has 1 aromatic carbocycles. The molecule has 13 heavy (non-hydrogen) atoms. The fraction of sp³-hybridized carbons (Fsp3) is 0. The molecule has 0 N–H and O–H groups in total. The van der Waals surface area contributed by atoms with E-state index in [2.05, 4.69) is 48.7 Å². The van der Waals surface area contributed by atoms with Crippen LogP contribution < -0.4 is 0 Å². The van der Waals surface area contributed by atoms with E-state index in [4.69, 9.17) is 4.42 Å². The molecule has 2 aromatic rings. The topological polar surface area (TPSA) is 38.9 Å². The molecule has 0 unspecified atom stereocenters. The summed E-state index contributed by atoms with van der Waals surface area (Å²) in [5.74, 6) is 0.531. The molecule has 0 spiro atoms. The second-order valence-corrected chi connectivity index (χ2v) is 4.29. The third kappa shape index (κ3) is 2.08. The predicted molar refractivity (Wildman–Crippen MR) is 60.2 cm³/mol. The van der Waals surface area contributed by atoms with Gasteiger partial charge >= 0.3 is 0 Å². The highest BCUT2D eigenvalue weighted by Gasteiger charge is 2.05. The van der Waals surface area contributed by atoms with E-state index in [1.807, 2.05) is 24.3 Å². The van der Waals surface area contributed by atoms with Crippen LogP contribution in [-0.2, 0) is 0 Å². The first-order valence-corrected chi connectivity index (χ1v) is 5.38. The van der Waals surface area contributed by atoms with Crippen LogP contribution in [0.25, 0.3) is 11.5 Å². The van der Waals surface area contributed by atoms with Crippen LogP contribution in [0.15, 0.2) is 33.5 Å². The van der Waals surface area contributed by atoms with Gasteiger partial charge in [0.05, 0.1) is 0 Å². The van der Waals surface area contributed by atoms with Crippen molar-refractivity contribution in [3.05, 3.63) is 32.6 Å². The van der Waals surface area contributed by atoms with Gasteiger partial charge in [0.15, 0.2) is 0 Å². The van der Waals surface area contributed by atoms with Gasteiger partial charge in [0.25, 0.3) is 4.80 Å². The number of halogens is 2. The quantitative estimate of drug-likeness (QED) is 0.742. The molecule has 0 aliphatic rings. The minimum absolute atomic E-state index is 0.404. The summed E-state index contributed by atoms with van der Waals surface area (Å²) in [5.41, 5.74) is 0.929. The number of nitrogens with zero attached hydrogens (tertiary/aromatic N) is 2. The Morgan fingerprint density at radius 2 is 1.85 bits per heavy atom. The number of benzene rings is 1. The third-order valence-electron chi connectivity index (χ3n) is 1.49. The summed E-state index contributed by atoms with van der Waals surface area (Å²) in [4.78, 5) is 0.404. The van der Waals surface area contributed by atoms with Crippen LogP contribution in [0, 0.1) is 3.57 Å². The Kier molecular flexibility index (Phi) is 2.63. The van der Waals surface area contributed by atoms with Crippen molar-refractivity contribution in [1.82, 2.24) is 10.2 Å². The fourth-order valence-electron chi connectivity index (χ4n) is 0.914. The van der Waals surface area contributed by atoms with Crippen molar-refractivity contribution in [2.75, 3.05) is 0 Å². The molecule has 1 heterocycles. The molecule has 0 amide bonds. The van der Waals surface area contributed by atoms with E-state index in [9.17, 15) is 0 Å². The Bertz CT molecular complexity index is 412. The van der Waals surface area contributed by atoms with Crippen molar-refractivity contribution < 1.29 is 4.42 Å². The molecule has 0 saturated heterocycles. The van der Waals surface area contributed by atoms with Crippen molar-refractivity contribution >= 4 is 38.5 Å². The Morgan fingerprint density at radius 1 is 1.15 bits per heavy atom. The molecule has 2 rings (SSSR count). The lowest BCUT2D eigenvalue weighted by molar-refractivity contribution is 0.540. The van der Waals surface area contributed by atoms with Crippen LogP contribution >= 0.6 is 38.5 Å². The van der Waals surface area contributed by atoms with E-state index in [1.54, 1.807) is 0 Å². The average Bonchev–Trinajstić information content (AvgIpc) is 2.53. The maximum absolute atomic E-state index is 5.20. The van der Waals surface area contributed by atoms with Gasteiger partial charge in [0, 0.05) is 25.1 Å². The summed E-state index contributed by atoms with van der Waals surface area (Å²) < 4.78 is 6.38. The van der Waals surface area contributed by atoms with Crippen molar-refractivity contribution in [3.63, 3.8) is 0 Å². The zero-order chi connectivity index (χ0) is 9.26. The molecule has 0 bridgehead atoms. The molecule has 0 aliphatic carbocycles. The molecule has 0 atom stereocenters. The van der Waals surface area contributed by atoms with E-state index >= 15 is 0 Å². The normalized spacial score (nSPS) is 10.3. The first-order valence-electron chi connectivity index (χ1n) is 3.50. The Hall–Kier alpha value is -0.430. The van der Waals surface area contributed by atoms with Crippen molar-refractivity contribution in [1.29, 1.82) is 0 Å². The van der Waals surface area contributed by atoms with Crippen LogP contribution in [0.4, 0.5) is 0 Å². The summed E-state index contributed by atoms with van der Waals surface area (Å²) in [6, 6.07) is 7.88. The van der Waals surface area contributed by atoms with Gasteiger partial charge in [-0.1, -0.05) is 0 Å². The second kappa shape index (κ2) is 3.75. The molecular weight excluding hydrogens is 347 g/mol. The summed E-state index contributed by atoms with van der Waals surface area (Å²) in [7, 11) is 0. The van der Waals surface area contributed by atoms with E-state index in [1.165, 1.54) is 3.57 Å². The Morgan fingerprint density at radius 3 is 2.38 bits per heavy atom. The molecule has 66 valence electrons. The third-order valence-corrected chi connectivity index (χ3v) is 2.53. The van der Waals surface area contributed by atoms with Crippen molar-refractivity contribution in [3.8, 4) is 11.5 Å². The van der Waals surface area contributed by atoms with Gasteiger partial charge in [-0.05, 0) is 46.9 Å². The van der Waals surface area contributed by atoms with Crippen molar-refractivity contribution in [2.24, 2.45) is 0 Å². The zero-order valence-corrected chi connectivity index (χ0v) is 10.1. The Balaban J connectivity index is 2.41. The lowest BCUT2D eigenvalue weighted by Crippen LogP contribution is -1.77. The van der Waals surface area contributed by atoms with Gasteiger partial charge in [-0.3, -0.25) is 0 Å². The smallest absolute Gasteiger partial charge is 0.285 e. The minimum atomic E-state index is 0.404. The predicted octanol–water partition coefficient (Wildman–Crippen LogP) is 3.10. The number of hydrogen-bond acceptors (Lipinski definition) is 3. The highest BCUT2D eigenvalue weighted by atomic mass is 127. The van der Waals surface area contributed by atoms with Crippen LogP contribution in [0.5, 0.6) is 0 Å². The van der Waals surface area contributed by atoms with Crippen LogP contribution in [0.1, 0.15) is 0 Å². The molecule has 0 radical (unpaired) electrons. The summed E-state index contributed by atoms with van der Waals surface area (Å²) in [6.07, 6.45) is 0. The molecule has 1 aromatic heterocycles. The van der Waals surface area contributed by atoms with Gasteiger partial charge in [-0.25, -0.2) is 0 Å². The maximum Gasteiger partial charge on any atom is 0.285 e. The van der Waals surface area contributed by atoms with Gasteiger partial charge < -0.3 is 4.42 Å². The Labute approximate surface area is 96.8 Å². The van der Waals surface area contributed by atoms with Gasteiger partial charge in [-0.15, -0.1) is 10.2 Å². The first-order chi connectivity index (χ1) is 6.25. The lowest BCUT2D eigenvalue weighted by atomic mass is 10.2. The molecule has 3 nitrogen and oxygen atoms in total. The monoisotopic (exact) mass is 350 g/mol. The largest absolute Gasteiger partial charge is 0.411 e. The summed E-state index contributed by atoms with van der Waals surface area (Å²) in [6.45, 7) is 0. The second-order valence-electron chi connectivity index (χ2n) is 2.37. The number of hydrogen-bond donors (Lipinski definition) is 0. The lowest BCUT2D eigenvalue weighted by Gasteiger charge is -1.93. The SMILES string of the molecule is Brc1nnc(-c2ccc(I)cc2)o1. The average molecular weight is 351 g/mol. The minimum Gasteiger partial charge on any atom is -0.411 e. The maximum atomic E-state index is 5.20. The van der Waals surface area contributed by atoms with Gasteiger partial charge in [0.2, 0.25) is 5.89 Å². The van der Waals surface area contributed by atoms with Gasteiger partial charge in [-0.2, -0.15) is 0 Å². The first kappa shape index (κ1) is 9.14. The molecule has 0 saturated carbocycles. The van der Waals surface area contributed by atoms with Crippen LogP contribution in [0.2, 0.25) is 0 Å². The molecular formula is C8H4BrIN2O. The number of rotatable bonds is 1. The van der Waals surface area contributed by atoms with E-state index in [-0.39, 0.29) is 0 Å². The number of aromatic nitrogens is 2. The zero-order valence-electron chi connectivity index (χ0n) is 6.37.